The minimum Gasteiger partial charge on any atom is -0.292 e. The average molecular weight is 241 g/mol. The van der Waals surface area contributed by atoms with Gasteiger partial charge in [-0.3, -0.25) is 4.79 Å². The third-order valence-electron chi connectivity index (χ3n) is 3.22. The van der Waals surface area contributed by atoms with E-state index in [1.165, 1.54) is 0 Å². The molecule has 0 saturated heterocycles. The van der Waals surface area contributed by atoms with Crippen molar-refractivity contribution in [1.82, 2.24) is 4.98 Å². The third kappa shape index (κ3) is 2.76. The second kappa shape index (κ2) is 5.76. The number of hydrogen-bond donors (Lipinski definition) is 0. The molecule has 0 fully saturated rings. The summed E-state index contributed by atoms with van der Waals surface area (Å²) in [6, 6.07) is 9.88. The summed E-state index contributed by atoms with van der Waals surface area (Å²) in [5.74, 6) is 0.164. The maximum Gasteiger partial charge on any atom is 0.181 e. The van der Waals surface area contributed by atoms with E-state index in [0.29, 0.717) is 12.1 Å². The molecule has 0 aliphatic heterocycles. The second-order valence-corrected chi connectivity index (χ2v) is 4.72. The summed E-state index contributed by atoms with van der Waals surface area (Å²) in [6.07, 6.45) is 3.82. The van der Waals surface area contributed by atoms with Crippen LogP contribution in [0.4, 0.5) is 0 Å². The summed E-state index contributed by atoms with van der Waals surface area (Å²) < 4.78 is 0. The highest BCUT2D eigenvalue weighted by atomic mass is 16.1. The van der Waals surface area contributed by atoms with Gasteiger partial charge in [-0.2, -0.15) is 0 Å². The summed E-state index contributed by atoms with van der Waals surface area (Å²) in [4.78, 5) is 16.5. The molecule has 0 bridgehead atoms. The zero-order valence-corrected chi connectivity index (χ0v) is 11.1. The van der Waals surface area contributed by atoms with E-state index in [9.17, 15) is 4.79 Å². The number of carbonyl (C=O) groups is 1. The summed E-state index contributed by atoms with van der Waals surface area (Å²) in [6.45, 7) is 4.18. The van der Waals surface area contributed by atoms with Crippen LogP contribution >= 0.6 is 0 Å². The molecule has 94 valence electrons. The van der Waals surface area contributed by atoms with Gasteiger partial charge in [0.15, 0.2) is 5.78 Å². The van der Waals surface area contributed by atoms with Crippen LogP contribution in [0.3, 0.4) is 0 Å². The smallest absolute Gasteiger partial charge is 0.181 e. The lowest BCUT2D eigenvalue weighted by molar-refractivity contribution is 0.0975. The highest BCUT2D eigenvalue weighted by molar-refractivity contribution is 5.97. The zero-order valence-electron chi connectivity index (χ0n) is 11.1. The number of aryl methyl sites for hydroxylation is 1. The van der Waals surface area contributed by atoms with Gasteiger partial charge in [-0.15, -0.1) is 0 Å². The largest absolute Gasteiger partial charge is 0.292 e. The van der Waals surface area contributed by atoms with E-state index in [1.54, 1.807) is 0 Å². The maximum atomic E-state index is 12.1. The summed E-state index contributed by atoms with van der Waals surface area (Å²) in [5, 5.41) is 1.13. The van der Waals surface area contributed by atoms with Crippen LogP contribution in [0.1, 0.15) is 48.7 Å². The Kier molecular flexibility index (Phi) is 4.08. The van der Waals surface area contributed by atoms with Crippen LogP contribution in [0.5, 0.6) is 0 Å². The number of hydrogen-bond acceptors (Lipinski definition) is 2. The van der Waals surface area contributed by atoms with E-state index in [1.807, 2.05) is 37.3 Å². The normalized spacial score (nSPS) is 10.8. The van der Waals surface area contributed by atoms with E-state index in [4.69, 9.17) is 0 Å². The van der Waals surface area contributed by atoms with Crippen molar-refractivity contribution < 1.29 is 4.79 Å². The van der Waals surface area contributed by atoms with Crippen molar-refractivity contribution >= 4 is 16.7 Å². The third-order valence-corrected chi connectivity index (χ3v) is 3.22. The van der Waals surface area contributed by atoms with E-state index in [-0.39, 0.29) is 5.78 Å². The molecule has 0 amide bonds. The maximum absolute atomic E-state index is 12.1. The zero-order chi connectivity index (χ0) is 13.0. The molecule has 0 radical (unpaired) electrons. The highest BCUT2D eigenvalue weighted by Crippen LogP contribution is 2.18. The first-order chi connectivity index (χ1) is 8.72. The molecule has 2 aromatic rings. The molecule has 1 aromatic heterocycles. The first-order valence-corrected chi connectivity index (χ1v) is 6.62. The van der Waals surface area contributed by atoms with Gasteiger partial charge in [-0.1, -0.05) is 38.0 Å². The predicted molar refractivity (Wildman–Crippen MR) is 75.0 cm³/mol. The van der Waals surface area contributed by atoms with E-state index < -0.39 is 0 Å². The fourth-order valence-electron chi connectivity index (χ4n) is 2.16. The summed E-state index contributed by atoms with van der Waals surface area (Å²) in [7, 11) is 0. The Morgan fingerprint density at radius 1 is 1.22 bits per heavy atom. The summed E-state index contributed by atoms with van der Waals surface area (Å²) >= 11 is 0. The number of para-hydroxylation sites is 1. The van der Waals surface area contributed by atoms with Gasteiger partial charge in [-0.05, 0) is 31.0 Å². The van der Waals surface area contributed by atoms with Gasteiger partial charge < -0.3 is 0 Å². The molecule has 18 heavy (non-hydrogen) atoms. The molecular formula is C16H19NO. The molecule has 2 heteroatoms. The number of rotatable bonds is 5. The number of aromatic nitrogens is 1. The fraction of sp³-hybridized carbons (Fsp3) is 0.375. The van der Waals surface area contributed by atoms with Crippen LogP contribution < -0.4 is 0 Å². The van der Waals surface area contributed by atoms with Crippen molar-refractivity contribution in [2.24, 2.45) is 0 Å². The Morgan fingerprint density at radius 3 is 2.78 bits per heavy atom. The number of benzene rings is 1. The minimum absolute atomic E-state index is 0.164. The number of nitrogens with zero attached hydrogens (tertiary/aromatic N) is 1. The SMILES string of the molecule is CCCCCC(=O)c1cc(C)c2ccccc2n1. The monoisotopic (exact) mass is 241 g/mol. The number of carbonyl (C=O) groups excluding carboxylic acids is 1. The standard InChI is InChI=1S/C16H19NO/c1-3-4-5-10-16(18)15-11-12(2)13-8-6-7-9-14(13)17-15/h6-9,11H,3-5,10H2,1-2H3. The lowest BCUT2D eigenvalue weighted by atomic mass is 10.0. The van der Waals surface area contributed by atoms with Crippen molar-refractivity contribution in [3.63, 3.8) is 0 Å². The van der Waals surface area contributed by atoms with Gasteiger partial charge in [0, 0.05) is 11.8 Å². The Labute approximate surface area is 108 Å². The van der Waals surface area contributed by atoms with Crippen LogP contribution in [-0.4, -0.2) is 10.8 Å². The van der Waals surface area contributed by atoms with Crippen LogP contribution in [0, 0.1) is 6.92 Å². The van der Waals surface area contributed by atoms with E-state index >= 15 is 0 Å². The molecule has 2 nitrogen and oxygen atoms in total. The molecule has 1 heterocycles. The fourth-order valence-corrected chi connectivity index (χ4v) is 2.16. The predicted octanol–water partition coefficient (Wildman–Crippen LogP) is 4.31. The van der Waals surface area contributed by atoms with E-state index in [2.05, 4.69) is 11.9 Å². The van der Waals surface area contributed by atoms with Gasteiger partial charge in [0.1, 0.15) is 5.69 Å². The van der Waals surface area contributed by atoms with Gasteiger partial charge in [0.25, 0.3) is 0 Å². The number of fused-ring (bicyclic) bond motifs is 1. The molecule has 0 spiro atoms. The van der Waals surface area contributed by atoms with Gasteiger partial charge >= 0.3 is 0 Å². The van der Waals surface area contributed by atoms with Crippen molar-refractivity contribution in [3.8, 4) is 0 Å². The average Bonchev–Trinajstić information content (AvgIpc) is 2.39. The number of unbranched alkanes of at least 4 members (excludes halogenated alkanes) is 2. The molecule has 0 aliphatic carbocycles. The molecular weight excluding hydrogens is 222 g/mol. The lowest BCUT2D eigenvalue weighted by Crippen LogP contribution is -2.03. The van der Waals surface area contributed by atoms with Crippen molar-refractivity contribution in [2.75, 3.05) is 0 Å². The molecule has 1 aromatic carbocycles. The first kappa shape index (κ1) is 12.7. The molecule has 0 unspecified atom stereocenters. The quantitative estimate of drug-likeness (QED) is 0.577. The van der Waals surface area contributed by atoms with Crippen LogP contribution in [0.2, 0.25) is 0 Å². The number of ketones is 1. The van der Waals surface area contributed by atoms with Crippen molar-refractivity contribution in [1.29, 1.82) is 0 Å². The van der Waals surface area contributed by atoms with Crippen molar-refractivity contribution in [2.45, 2.75) is 39.5 Å². The molecule has 0 N–H and O–H groups in total. The number of Topliss-reactive ketones (excluding diaryl/α,β-unsaturated/α-hetero) is 1. The summed E-state index contributed by atoms with van der Waals surface area (Å²) in [5.41, 5.74) is 2.65. The molecule has 0 atom stereocenters. The Hall–Kier alpha value is -1.70. The highest BCUT2D eigenvalue weighted by Gasteiger charge is 2.09. The molecule has 0 aliphatic rings. The topological polar surface area (TPSA) is 30.0 Å². The van der Waals surface area contributed by atoms with E-state index in [0.717, 1.165) is 35.7 Å². The molecule has 0 saturated carbocycles. The van der Waals surface area contributed by atoms with Gasteiger partial charge in [0.05, 0.1) is 5.52 Å². The minimum atomic E-state index is 0.164. The Bertz CT molecular complexity index is 560. The van der Waals surface area contributed by atoms with Gasteiger partial charge in [-0.25, -0.2) is 4.98 Å². The van der Waals surface area contributed by atoms with Crippen molar-refractivity contribution in [3.05, 3.63) is 41.6 Å². The van der Waals surface area contributed by atoms with Crippen LogP contribution in [0.25, 0.3) is 10.9 Å². The second-order valence-electron chi connectivity index (χ2n) is 4.72. The van der Waals surface area contributed by atoms with Crippen LogP contribution in [-0.2, 0) is 0 Å². The van der Waals surface area contributed by atoms with Gasteiger partial charge in [0.2, 0.25) is 0 Å². The van der Waals surface area contributed by atoms with Crippen LogP contribution in [0.15, 0.2) is 30.3 Å². The first-order valence-electron chi connectivity index (χ1n) is 6.62. The Balaban J connectivity index is 2.26. The number of pyridine rings is 1. The Morgan fingerprint density at radius 2 is 2.00 bits per heavy atom. The lowest BCUT2D eigenvalue weighted by Gasteiger charge is -2.05. The molecule has 2 rings (SSSR count).